The minimum atomic E-state index is 0.645. The Morgan fingerprint density at radius 3 is 2.33 bits per heavy atom. The van der Waals surface area contributed by atoms with E-state index in [0.717, 1.165) is 92.9 Å². The van der Waals surface area contributed by atoms with E-state index in [1.807, 2.05) is 33.8 Å². The highest BCUT2D eigenvalue weighted by molar-refractivity contribution is 6.08. The van der Waals surface area contributed by atoms with Crippen molar-refractivity contribution in [1.29, 1.82) is 0 Å². The van der Waals surface area contributed by atoms with Crippen molar-refractivity contribution in [2.75, 3.05) is 62.8 Å². The van der Waals surface area contributed by atoms with Crippen LogP contribution in [0.4, 0.5) is 17.3 Å². The number of morpholine rings is 1. The summed E-state index contributed by atoms with van der Waals surface area (Å²) in [6.45, 7) is 19.4. The van der Waals surface area contributed by atoms with Gasteiger partial charge in [-0.1, -0.05) is 59.7 Å². The van der Waals surface area contributed by atoms with Crippen LogP contribution in [0.25, 0.3) is 21.8 Å². The summed E-state index contributed by atoms with van der Waals surface area (Å²) in [5.41, 5.74) is 3.29. The van der Waals surface area contributed by atoms with Crippen molar-refractivity contribution in [3.05, 3.63) is 54.6 Å². The Morgan fingerprint density at radius 1 is 0.900 bits per heavy atom. The number of aromatic nitrogens is 2. The zero-order valence-corrected chi connectivity index (χ0v) is 25.4. The molecule has 0 amide bonds. The number of hydrogen-bond donors (Lipinski definition) is 2. The normalized spacial score (nSPS) is 13.2. The van der Waals surface area contributed by atoms with Crippen molar-refractivity contribution in [2.24, 2.45) is 0 Å². The minimum Gasteiger partial charge on any atom is -0.492 e. The van der Waals surface area contributed by atoms with Gasteiger partial charge in [0.2, 0.25) is 0 Å². The van der Waals surface area contributed by atoms with Gasteiger partial charge in [0.05, 0.1) is 13.2 Å². The molecular weight excluding hydrogens is 498 g/mol. The van der Waals surface area contributed by atoms with Gasteiger partial charge < -0.3 is 24.7 Å². The van der Waals surface area contributed by atoms with E-state index in [0.29, 0.717) is 6.61 Å². The van der Waals surface area contributed by atoms with Crippen molar-refractivity contribution >= 4 is 39.1 Å². The quantitative estimate of drug-likeness (QED) is 0.199. The van der Waals surface area contributed by atoms with Crippen LogP contribution in [0.3, 0.4) is 0 Å². The first-order valence-electron chi connectivity index (χ1n) is 15.2. The van der Waals surface area contributed by atoms with Crippen LogP contribution >= 0.6 is 0 Å². The number of aromatic amines is 1. The maximum absolute atomic E-state index is 6.26. The number of nitrogens with one attached hydrogen (secondary N) is 2. The number of rotatable bonds is 11. The van der Waals surface area contributed by atoms with Gasteiger partial charge in [-0.3, -0.25) is 4.90 Å². The molecule has 40 heavy (non-hydrogen) atoms. The first-order chi connectivity index (χ1) is 19.7. The van der Waals surface area contributed by atoms with Crippen molar-refractivity contribution in [3.63, 3.8) is 0 Å². The number of nitrogens with zero attached hydrogens (tertiary/aromatic N) is 3. The average Bonchev–Trinajstić information content (AvgIpc) is 3.38. The standard InChI is InChI=1S/C29H37N5O2.2C2H6/c1-3-11-34(12-4-2)29-21-23(36-18-15-33-13-16-35-17-14-33)20-28(32-29)30-22-9-10-27-25(19-22)24-7-5-6-8-26(24)31-27;2*1-2/h5-10,19-21,31H,3-4,11-18H2,1-2H3,(H,30,32);2*1-2H3. The van der Waals surface area contributed by atoms with Crippen LogP contribution in [0.15, 0.2) is 54.6 Å². The first-order valence-corrected chi connectivity index (χ1v) is 15.2. The molecule has 1 aliphatic rings. The van der Waals surface area contributed by atoms with E-state index in [4.69, 9.17) is 14.5 Å². The largest absolute Gasteiger partial charge is 0.492 e. The molecular formula is C33H49N5O2. The number of H-pyrrole nitrogens is 1. The summed E-state index contributed by atoms with van der Waals surface area (Å²) < 4.78 is 11.7. The fourth-order valence-electron chi connectivity index (χ4n) is 4.87. The summed E-state index contributed by atoms with van der Waals surface area (Å²) in [4.78, 5) is 13.2. The molecule has 5 rings (SSSR count). The highest BCUT2D eigenvalue weighted by atomic mass is 16.5. The highest BCUT2D eigenvalue weighted by Crippen LogP contribution is 2.30. The van der Waals surface area contributed by atoms with E-state index in [1.165, 1.54) is 10.8 Å². The summed E-state index contributed by atoms with van der Waals surface area (Å²) in [5.74, 6) is 2.60. The summed E-state index contributed by atoms with van der Waals surface area (Å²) in [6.07, 6.45) is 2.15. The third-order valence-electron chi connectivity index (χ3n) is 6.65. The Balaban J connectivity index is 0.00000106. The molecule has 218 valence electrons. The number of anilines is 3. The molecule has 4 aromatic rings. The summed E-state index contributed by atoms with van der Waals surface area (Å²) in [7, 11) is 0. The lowest BCUT2D eigenvalue weighted by atomic mass is 10.1. The van der Waals surface area contributed by atoms with Crippen LogP contribution in [0.5, 0.6) is 5.75 Å². The van der Waals surface area contributed by atoms with Gasteiger partial charge >= 0.3 is 0 Å². The monoisotopic (exact) mass is 547 g/mol. The molecule has 0 saturated carbocycles. The Morgan fingerprint density at radius 2 is 1.60 bits per heavy atom. The molecule has 2 N–H and O–H groups in total. The lowest BCUT2D eigenvalue weighted by molar-refractivity contribution is 0.0322. The molecule has 0 spiro atoms. The highest BCUT2D eigenvalue weighted by Gasteiger charge is 2.14. The second kappa shape index (κ2) is 16.7. The fraction of sp³-hybridized carbons (Fsp3) is 0.485. The van der Waals surface area contributed by atoms with Crippen LogP contribution in [0.1, 0.15) is 54.4 Å². The van der Waals surface area contributed by atoms with Gasteiger partial charge in [-0.2, -0.15) is 0 Å². The number of hydrogen-bond acceptors (Lipinski definition) is 6. The zero-order chi connectivity index (χ0) is 28.7. The molecule has 1 saturated heterocycles. The van der Waals surface area contributed by atoms with Crippen LogP contribution in [-0.2, 0) is 4.74 Å². The third-order valence-corrected chi connectivity index (χ3v) is 6.65. The van der Waals surface area contributed by atoms with Crippen molar-refractivity contribution in [1.82, 2.24) is 14.9 Å². The minimum absolute atomic E-state index is 0.645. The van der Waals surface area contributed by atoms with E-state index in [2.05, 4.69) is 82.5 Å². The summed E-state index contributed by atoms with van der Waals surface area (Å²) in [6, 6.07) is 18.9. The van der Waals surface area contributed by atoms with E-state index >= 15 is 0 Å². The lowest BCUT2D eigenvalue weighted by Gasteiger charge is -2.27. The van der Waals surface area contributed by atoms with Gasteiger partial charge in [0.15, 0.2) is 0 Å². The number of benzene rings is 2. The van der Waals surface area contributed by atoms with Crippen molar-refractivity contribution in [2.45, 2.75) is 54.4 Å². The molecule has 3 heterocycles. The van der Waals surface area contributed by atoms with Gasteiger partial charge in [0.1, 0.15) is 24.0 Å². The fourth-order valence-corrected chi connectivity index (χ4v) is 4.87. The van der Waals surface area contributed by atoms with Gasteiger partial charge in [-0.05, 0) is 37.1 Å². The van der Waals surface area contributed by atoms with E-state index in [9.17, 15) is 0 Å². The van der Waals surface area contributed by atoms with Crippen molar-refractivity contribution in [3.8, 4) is 5.75 Å². The summed E-state index contributed by atoms with van der Waals surface area (Å²) >= 11 is 0. The molecule has 0 aliphatic carbocycles. The van der Waals surface area contributed by atoms with Crippen LogP contribution in [-0.4, -0.2) is 67.4 Å². The topological polar surface area (TPSA) is 65.7 Å². The van der Waals surface area contributed by atoms with Crippen LogP contribution < -0.4 is 15.0 Å². The van der Waals surface area contributed by atoms with Crippen LogP contribution in [0.2, 0.25) is 0 Å². The van der Waals surface area contributed by atoms with E-state index < -0.39 is 0 Å². The SMILES string of the molecule is CC.CC.CCCN(CCC)c1cc(OCCN2CCOCC2)cc(Nc2ccc3[nH]c4ccccc4c3c2)n1. The van der Waals surface area contributed by atoms with Crippen molar-refractivity contribution < 1.29 is 9.47 Å². The molecule has 0 unspecified atom stereocenters. The number of pyridine rings is 1. The second-order valence-electron chi connectivity index (χ2n) is 9.39. The molecule has 1 aliphatic heterocycles. The van der Waals surface area contributed by atoms with Gasteiger partial charge in [0, 0.05) is 72.3 Å². The maximum Gasteiger partial charge on any atom is 0.136 e. The molecule has 2 aromatic heterocycles. The van der Waals surface area contributed by atoms with E-state index in [-0.39, 0.29) is 0 Å². The molecule has 2 aromatic carbocycles. The maximum atomic E-state index is 6.26. The van der Waals surface area contributed by atoms with Gasteiger partial charge in [-0.15, -0.1) is 0 Å². The molecule has 1 fully saturated rings. The molecule has 0 atom stereocenters. The second-order valence-corrected chi connectivity index (χ2v) is 9.39. The molecule has 7 nitrogen and oxygen atoms in total. The summed E-state index contributed by atoms with van der Waals surface area (Å²) in [5, 5.41) is 5.98. The van der Waals surface area contributed by atoms with Gasteiger partial charge in [0.25, 0.3) is 0 Å². The Bertz CT molecular complexity index is 1280. The Hall–Kier alpha value is -3.29. The number of fused-ring (bicyclic) bond motifs is 3. The molecule has 0 radical (unpaired) electrons. The first kappa shape index (κ1) is 31.2. The Kier molecular flexibility index (Phi) is 13.1. The van der Waals surface area contributed by atoms with E-state index in [1.54, 1.807) is 0 Å². The Labute approximate surface area is 240 Å². The zero-order valence-electron chi connectivity index (χ0n) is 25.4. The predicted molar refractivity (Wildman–Crippen MR) is 172 cm³/mol. The van der Waals surface area contributed by atoms with Gasteiger partial charge in [-0.25, -0.2) is 4.98 Å². The average molecular weight is 548 g/mol. The third kappa shape index (κ3) is 8.35. The molecule has 7 heteroatoms. The number of ether oxygens (including phenoxy) is 2. The number of para-hydroxylation sites is 1. The van der Waals surface area contributed by atoms with Crippen LogP contribution in [0, 0.1) is 0 Å². The lowest BCUT2D eigenvalue weighted by Crippen LogP contribution is -2.38. The smallest absolute Gasteiger partial charge is 0.136 e. The molecule has 0 bridgehead atoms. The predicted octanol–water partition coefficient (Wildman–Crippen LogP) is 7.85.